The Morgan fingerprint density at radius 3 is 2.92 bits per heavy atom. The van der Waals surface area contributed by atoms with Crippen molar-refractivity contribution < 1.29 is 9.84 Å². The molecular formula is C21H23NO2S2. The second-order valence-corrected chi connectivity index (χ2v) is 8.72. The molecule has 0 amide bonds. The molecule has 3 aromatic rings. The lowest BCUT2D eigenvalue weighted by Crippen LogP contribution is -2.41. The first-order chi connectivity index (χ1) is 12.7. The summed E-state index contributed by atoms with van der Waals surface area (Å²) in [4.78, 5) is 5.21. The van der Waals surface area contributed by atoms with Gasteiger partial charge in [0.15, 0.2) is 0 Å². The molecular weight excluding hydrogens is 362 g/mol. The van der Waals surface area contributed by atoms with Gasteiger partial charge in [0.1, 0.15) is 18.5 Å². The minimum atomic E-state index is -0.516. The van der Waals surface area contributed by atoms with Gasteiger partial charge in [0.2, 0.25) is 0 Å². The van der Waals surface area contributed by atoms with E-state index in [0.717, 1.165) is 24.3 Å². The molecule has 26 heavy (non-hydrogen) atoms. The Hall–Kier alpha value is -1.66. The van der Waals surface area contributed by atoms with Crippen molar-refractivity contribution in [2.75, 3.05) is 19.7 Å². The third-order valence-electron chi connectivity index (χ3n) is 4.76. The Morgan fingerprint density at radius 1 is 1.19 bits per heavy atom. The fourth-order valence-electron chi connectivity index (χ4n) is 3.57. The van der Waals surface area contributed by atoms with Crippen LogP contribution in [0.5, 0.6) is 5.75 Å². The summed E-state index contributed by atoms with van der Waals surface area (Å²) in [6, 6.07) is 14.8. The second-order valence-electron chi connectivity index (χ2n) is 6.74. The van der Waals surface area contributed by atoms with Gasteiger partial charge in [0.05, 0.1) is 6.04 Å². The van der Waals surface area contributed by atoms with Gasteiger partial charge in [-0.2, -0.15) is 0 Å². The van der Waals surface area contributed by atoms with Gasteiger partial charge in [-0.1, -0.05) is 18.2 Å². The van der Waals surface area contributed by atoms with E-state index in [2.05, 4.69) is 33.9 Å². The zero-order valence-electron chi connectivity index (χ0n) is 14.8. The van der Waals surface area contributed by atoms with Crippen molar-refractivity contribution in [1.29, 1.82) is 0 Å². The van der Waals surface area contributed by atoms with Crippen LogP contribution >= 0.6 is 22.7 Å². The highest BCUT2D eigenvalue weighted by Gasteiger charge is 2.31. The van der Waals surface area contributed by atoms with E-state index in [4.69, 9.17) is 4.74 Å². The van der Waals surface area contributed by atoms with Crippen LogP contribution in [-0.2, 0) is 6.42 Å². The molecule has 2 unspecified atom stereocenters. The highest BCUT2D eigenvalue weighted by molar-refractivity contribution is 7.10. The molecule has 0 spiro atoms. The van der Waals surface area contributed by atoms with Crippen molar-refractivity contribution in [3.63, 3.8) is 0 Å². The van der Waals surface area contributed by atoms with Crippen LogP contribution in [0.2, 0.25) is 0 Å². The molecule has 2 aromatic heterocycles. The normalized spacial score (nSPS) is 18.5. The lowest BCUT2D eigenvalue weighted by molar-refractivity contribution is 0.0562. The van der Waals surface area contributed by atoms with Gasteiger partial charge >= 0.3 is 0 Å². The van der Waals surface area contributed by atoms with Gasteiger partial charge in [0.25, 0.3) is 0 Å². The number of nitrogens with zero attached hydrogens (tertiary/aromatic N) is 1. The first-order valence-electron chi connectivity index (χ1n) is 8.92. The van der Waals surface area contributed by atoms with Crippen LogP contribution < -0.4 is 4.74 Å². The fraction of sp³-hybridized carbons (Fsp3) is 0.333. The molecule has 0 radical (unpaired) electrons. The SMILES string of the molecule is Cc1cccc(OCC(O)CN2CCc3sccc3C2c2cccs2)c1. The lowest BCUT2D eigenvalue weighted by Gasteiger charge is -2.36. The number of ether oxygens (including phenoxy) is 1. The highest BCUT2D eigenvalue weighted by atomic mass is 32.1. The molecule has 0 aliphatic carbocycles. The summed E-state index contributed by atoms with van der Waals surface area (Å²) in [5, 5.41) is 14.9. The Kier molecular flexibility index (Phi) is 5.41. The average molecular weight is 386 g/mol. The van der Waals surface area contributed by atoms with Crippen molar-refractivity contribution in [3.05, 3.63) is 74.1 Å². The molecule has 4 rings (SSSR count). The molecule has 1 N–H and O–H groups in total. The maximum Gasteiger partial charge on any atom is 0.119 e. The van der Waals surface area contributed by atoms with Gasteiger partial charge in [0, 0.05) is 22.8 Å². The third kappa shape index (κ3) is 3.86. The summed E-state index contributed by atoms with van der Waals surface area (Å²) in [6.07, 6.45) is 0.540. The maximum atomic E-state index is 10.6. The van der Waals surface area contributed by atoms with Crippen LogP contribution in [0.15, 0.2) is 53.2 Å². The van der Waals surface area contributed by atoms with Crippen molar-refractivity contribution in [1.82, 2.24) is 4.90 Å². The average Bonchev–Trinajstić information content (AvgIpc) is 3.31. The number of aryl methyl sites for hydroxylation is 1. The molecule has 0 saturated heterocycles. The summed E-state index contributed by atoms with van der Waals surface area (Å²) in [5.41, 5.74) is 2.56. The van der Waals surface area contributed by atoms with E-state index in [1.807, 2.05) is 42.5 Å². The predicted molar refractivity (Wildman–Crippen MR) is 108 cm³/mol. The van der Waals surface area contributed by atoms with Gasteiger partial charge < -0.3 is 9.84 Å². The Bertz CT molecular complexity index is 843. The van der Waals surface area contributed by atoms with Crippen molar-refractivity contribution in [2.24, 2.45) is 0 Å². The van der Waals surface area contributed by atoms with Crippen molar-refractivity contribution >= 4 is 22.7 Å². The van der Waals surface area contributed by atoms with Gasteiger partial charge in [-0.15, -0.1) is 22.7 Å². The van der Waals surface area contributed by atoms with Crippen molar-refractivity contribution in [2.45, 2.75) is 25.5 Å². The van der Waals surface area contributed by atoms with E-state index < -0.39 is 6.10 Å². The zero-order chi connectivity index (χ0) is 17.9. The molecule has 136 valence electrons. The smallest absolute Gasteiger partial charge is 0.119 e. The summed E-state index contributed by atoms with van der Waals surface area (Å²) in [7, 11) is 0. The van der Waals surface area contributed by atoms with Crippen LogP contribution in [0.25, 0.3) is 0 Å². The van der Waals surface area contributed by atoms with E-state index in [-0.39, 0.29) is 6.04 Å². The molecule has 1 aromatic carbocycles. The first kappa shape index (κ1) is 17.7. The number of hydrogen-bond acceptors (Lipinski definition) is 5. The largest absolute Gasteiger partial charge is 0.491 e. The van der Waals surface area contributed by atoms with Gasteiger partial charge in [-0.3, -0.25) is 4.90 Å². The zero-order valence-corrected chi connectivity index (χ0v) is 16.4. The third-order valence-corrected chi connectivity index (χ3v) is 6.68. The minimum absolute atomic E-state index is 0.249. The molecule has 1 aliphatic heterocycles. The number of thiophene rings is 2. The number of hydrogen-bond donors (Lipinski definition) is 1. The summed E-state index contributed by atoms with van der Waals surface area (Å²) in [6.45, 7) is 3.94. The molecule has 3 nitrogen and oxygen atoms in total. The number of rotatable bonds is 6. The molecule has 1 aliphatic rings. The minimum Gasteiger partial charge on any atom is -0.491 e. The summed E-state index contributed by atoms with van der Waals surface area (Å²) < 4.78 is 5.80. The number of fused-ring (bicyclic) bond motifs is 1. The van der Waals surface area contributed by atoms with E-state index in [1.54, 1.807) is 11.3 Å². The molecule has 5 heteroatoms. The maximum absolute atomic E-state index is 10.6. The number of benzene rings is 1. The standard InChI is InChI=1S/C21H23NO2S2/c1-15-4-2-5-17(12-15)24-14-16(23)13-22-9-7-19-18(8-11-26-19)21(22)20-6-3-10-25-20/h2-6,8,10-12,16,21,23H,7,9,13-14H2,1H3. The summed E-state index contributed by atoms with van der Waals surface area (Å²) in [5.74, 6) is 0.817. The molecule has 3 heterocycles. The Balaban J connectivity index is 1.44. The van der Waals surface area contributed by atoms with E-state index in [9.17, 15) is 5.11 Å². The summed E-state index contributed by atoms with van der Waals surface area (Å²) >= 11 is 3.64. The second kappa shape index (κ2) is 7.92. The highest BCUT2D eigenvalue weighted by Crippen LogP contribution is 2.39. The topological polar surface area (TPSA) is 32.7 Å². The molecule has 2 atom stereocenters. The predicted octanol–water partition coefficient (Wildman–Crippen LogP) is 4.51. The van der Waals surface area contributed by atoms with Gasteiger partial charge in [-0.25, -0.2) is 0 Å². The van der Waals surface area contributed by atoms with E-state index in [1.165, 1.54) is 15.3 Å². The van der Waals surface area contributed by atoms with E-state index >= 15 is 0 Å². The van der Waals surface area contributed by atoms with Crippen LogP contribution in [0.4, 0.5) is 0 Å². The lowest BCUT2D eigenvalue weighted by atomic mass is 9.98. The monoisotopic (exact) mass is 385 g/mol. The molecule has 0 bridgehead atoms. The van der Waals surface area contributed by atoms with Gasteiger partial charge in [-0.05, 0) is 59.5 Å². The number of aliphatic hydroxyl groups excluding tert-OH is 1. The Labute approximate surface area is 162 Å². The number of aliphatic hydroxyl groups is 1. The quantitative estimate of drug-likeness (QED) is 0.678. The van der Waals surface area contributed by atoms with Crippen LogP contribution in [0.3, 0.4) is 0 Å². The van der Waals surface area contributed by atoms with Crippen LogP contribution in [0, 0.1) is 6.92 Å². The molecule has 0 fully saturated rings. The molecule has 0 saturated carbocycles. The van der Waals surface area contributed by atoms with Crippen LogP contribution in [0.1, 0.15) is 26.9 Å². The Morgan fingerprint density at radius 2 is 2.12 bits per heavy atom. The van der Waals surface area contributed by atoms with E-state index in [0.29, 0.717) is 13.2 Å². The van der Waals surface area contributed by atoms with Crippen LogP contribution in [-0.4, -0.2) is 35.8 Å². The number of β-amino-alcohol motifs (C(OH)–C–C–N with tert-alkyl or cyclic N) is 1. The first-order valence-corrected chi connectivity index (χ1v) is 10.7. The fourth-order valence-corrected chi connectivity index (χ4v) is 5.35. The van der Waals surface area contributed by atoms with Crippen molar-refractivity contribution in [3.8, 4) is 5.75 Å².